The summed E-state index contributed by atoms with van der Waals surface area (Å²) < 4.78 is 40.8. The fraction of sp³-hybridized carbons (Fsp3) is 0.188. The lowest BCUT2D eigenvalue weighted by atomic mass is 10.2. The van der Waals surface area contributed by atoms with Crippen LogP contribution < -0.4 is 10.1 Å². The molecule has 2 aromatic carbocycles. The Hall–Kier alpha value is -2.41. The van der Waals surface area contributed by atoms with E-state index < -0.39 is 9.84 Å². The van der Waals surface area contributed by atoms with Gasteiger partial charge in [0.15, 0.2) is 9.84 Å². The first kappa shape index (κ1) is 17.0. The summed E-state index contributed by atoms with van der Waals surface area (Å²) in [6.07, 6.45) is 1.11. The molecule has 0 aliphatic heterocycles. The number of amides is 1. The van der Waals surface area contributed by atoms with Crippen LogP contribution in [0.4, 0.5) is 4.39 Å². The van der Waals surface area contributed by atoms with Crippen LogP contribution in [-0.4, -0.2) is 33.7 Å². The molecule has 0 aliphatic carbocycles. The van der Waals surface area contributed by atoms with Crippen LogP contribution in [0.15, 0.2) is 53.4 Å². The van der Waals surface area contributed by atoms with Crippen molar-refractivity contribution in [1.29, 1.82) is 0 Å². The Morgan fingerprint density at radius 1 is 1.09 bits per heavy atom. The minimum atomic E-state index is -3.28. The van der Waals surface area contributed by atoms with E-state index in [0.717, 1.165) is 6.26 Å². The fourth-order valence-corrected chi connectivity index (χ4v) is 2.45. The molecule has 1 amide bonds. The molecule has 0 heterocycles. The summed E-state index contributed by atoms with van der Waals surface area (Å²) in [6.45, 7) is 0.503. The van der Waals surface area contributed by atoms with E-state index >= 15 is 0 Å². The second-order valence-corrected chi connectivity index (χ2v) is 6.87. The van der Waals surface area contributed by atoms with Gasteiger partial charge >= 0.3 is 0 Å². The Labute approximate surface area is 134 Å². The van der Waals surface area contributed by atoms with Crippen LogP contribution in [-0.2, 0) is 9.84 Å². The second kappa shape index (κ2) is 7.23. The SMILES string of the molecule is CS(=O)(=O)c1ccc(C(=O)NCCOc2ccc(F)cc2)cc1. The second-order valence-electron chi connectivity index (χ2n) is 4.85. The Morgan fingerprint density at radius 2 is 1.70 bits per heavy atom. The summed E-state index contributed by atoms with van der Waals surface area (Å²) >= 11 is 0. The van der Waals surface area contributed by atoms with Gasteiger partial charge in [-0.05, 0) is 48.5 Å². The lowest BCUT2D eigenvalue weighted by Crippen LogP contribution is -2.28. The first-order valence-corrected chi connectivity index (χ1v) is 8.72. The van der Waals surface area contributed by atoms with Crippen LogP contribution in [0, 0.1) is 5.82 Å². The van der Waals surface area contributed by atoms with Crippen LogP contribution >= 0.6 is 0 Å². The zero-order chi connectivity index (χ0) is 16.9. The smallest absolute Gasteiger partial charge is 0.251 e. The molecule has 0 unspecified atom stereocenters. The molecule has 7 heteroatoms. The molecule has 0 aliphatic rings. The van der Waals surface area contributed by atoms with E-state index in [0.29, 0.717) is 11.3 Å². The highest BCUT2D eigenvalue weighted by atomic mass is 32.2. The average Bonchev–Trinajstić information content (AvgIpc) is 2.52. The first-order chi connectivity index (χ1) is 10.9. The minimum absolute atomic E-state index is 0.161. The summed E-state index contributed by atoms with van der Waals surface area (Å²) in [5, 5.41) is 2.65. The molecule has 0 aromatic heterocycles. The number of hydrogen-bond donors (Lipinski definition) is 1. The maximum atomic E-state index is 12.7. The molecule has 0 bridgehead atoms. The van der Waals surface area contributed by atoms with Gasteiger partial charge in [0.1, 0.15) is 18.2 Å². The van der Waals surface area contributed by atoms with Crippen molar-refractivity contribution in [2.24, 2.45) is 0 Å². The van der Waals surface area contributed by atoms with Gasteiger partial charge in [-0.15, -0.1) is 0 Å². The average molecular weight is 337 g/mol. The Bertz CT molecular complexity index is 771. The largest absolute Gasteiger partial charge is 0.492 e. The number of hydrogen-bond acceptors (Lipinski definition) is 4. The number of benzene rings is 2. The predicted octanol–water partition coefficient (Wildman–Crippen LogP) is 2.04. The molecule has 2 rings (SSSR count). The van der Waals surface area contributed by atoms with E-state index in [-0.39, 0.29) is 29.8 Å². The van der Waals surface area contributed by atoms with Crippen LogP contribution in [0.3, 0.4) is 0 Å². The molecule has 0 fully saturated rings. The molecule has 23 heavy (non-hydrogen) atoms. The molecule has 0 radical (unpaired) electrons. The Kier molecular flexibility index (Phi) is 5.33. The normalized spacial score (nSPS) is 11.0. The van der Waals surface area contributed by atoms with Gasteiger partial charge in [0.2, 0.25) is 0 Å². The van der Waals surface area contributed by atoms with Crippen molar-refractivity contribution < 1.29 is 22.3 Å². The number of ether oxygens (including phenoxy) is 1. The van der Waals surface area contributed by atoms with E-state index in [2.05, 4.69) is 5.32 Å². The van der Waals surface area contributed by atoms with Gasteiger partial charge in [-0.1, -0.05) is 0 Å². The highest BCUT2D eigenvalue weighted by molar-refractivity contribution is 7.90. The van der Waals surface area contributed by atoms with Gasteiger partial charge in [-0.2, -0.15) is 0 Å². The minimum Gasteiger partial charge on any atom is -0.492 e. The number of carbonyl (C=O) groups is 1. The Balaban J connectivity index is 1.81. The molecule has 1 N–H and O–H groups in total. The van der Waals surface area contributed by atoms with E-state index in [1.807, 2.05) is 0 Å². The molecule has 0 saturated carbocycles. The van der Waals surface area contributed by atoms with Gasteiger partial charge in [-0.25, -0.2) is 12.8 Å². The summed E-state index contributed by atoms with van der Waals surface area (Å²) in [7, 11) is -3.28. The van der Waals surface area contributed by atoms with Crippen molar-refractivity contribution >= 4 is 15.7 Å². The molecule has 2 aromatic rings. The zero-order valence-corrected chi connectivity index (χ0v) is 13.3. The lowest BCUT2D eigenvalue weighted by molar-refractivity contribution is 0.0947. The molecule has 0 atom stereocenters. The van der Waals surface area contributed by atoms with Crippen molar-refractivity contribution in [3.05, 3.63) is 59.9 Å². The molecule has 0 saturated heterocycles. The highest BCUT2D eigenvalue weighted by Crippen LogP contribution is 2.11. The van der Waals surface area contributed by atoms with E-state index in [4.69, 9.17) is 4.74 Å². The molecule has 0 spiro atoms. The maximum Gasteiger partial charge on any atom is 0.251 e. The number of carbonyl (C=O) groups excluding carboxylic acids is 1. The van der Waals surface area contributed by atoms with E-state index in [1.54, 1.807) is 0 Å². The van der Waals surface area contributed by atoms with Crippen molar-refractivity contribution in [3.63, 3.8) is 0 Å². The molecule has 5 nitrogen and oxygen atoms in total. The topological polar surface area (TPSA) is 72.5 Å². The monoisotopic (exact) mass is 337 g/mol. The number of halogens is 1. The van der Waals surface area contributed by atoms with Crippen molar-refractivity contribution in [2.45, 2.75) is 4.90 Å². The van der Waals surface area contributed by atoms with Gasteiger partial charge in [0.05, 0.1) is 11.4 Å². The van der Waals surface area contributed by atoms with Gasteiger partial charge in [0, 0.05) is 11.8 Å². The van der Waals surface area contributed by atoms with Crippen molar-refractivity contribution in [1.82, 2.24) is 5.32 Å². The highest BCUT2D eigenvalue weighted by Gasteiger charge is 2.09. The predicted molar refractivity (Wildman–Crippen MR) is 83.8 cm³/mol. The van der Waals surface area contributed by atoms with Gasteiger partial charge < -0.3 is 10.1 Å². The maximum absolute atomic E-state index is 12.7. The number of rotatable bonds is 6. The van der Waals surface area contributed by atoms with Gasteiger partial charge in [-0.3, -0.25) is 4.79 Å². The molecular weight excluding hydrogens is 321 g/mol. The summed E-state index contributed by atoms with van der Waals surface area (Å²) in [6, 6.07) is 11.3. The number of sulfone groups is 1. The third-order valence-electron chi connectivity index (χ3n) is 3.01. The van der Waals surface area contributed by atoms with Crippen molar-refractivity contribution in [3.8, 4) is 5.75 Å². The molecular formula is C16H16FNO4S. The third kappa shape index (κ3) is 5.07. The summed E-state index contributed by atoms with van der Waals surface area (Å²) in [5.41, 5.74) is 0.360. The Morgan fingerprint density at radius 3 is 2.26 bits per heavy atom. The van der Waals surface area contributed by atoms with Crippen molar-refractivity contribution in [2.75, 3.05) is 19.4 Å². The molecule has 122 valence electrons. The quantitative estimate of drug-likeness (QED) is 0.819. The summed E-state index contributed by atoms with van der Waals surface area (Å²) in [5.74, 6) is -0.158. The standard InChI is InChI=1S/C16H16FNO4S/c1-23(20,21)15-8-2-12(3-9-15)16(19)18-10-11-22-14-6-4-13(17)5-7-14/h2-9H,10-11H2,1H3,(H,18,19). The zero-order valence-electron chi connectivity index (χ0n) is 12.5. The number of nitrogens with one attached hydrogen (secondary N) is 1. The first-order valence-electron chi connectivity index (χ1n) is 6.83. The van der Waals surface area contributed by atoms with Crippen LogP contribution in [0.5, 0.6) is 5.75 Å². The summed E-state index contributed by atoms with van der Waals surface area (Å²) in [4.78, 5) is 12.1. The van der Waals surface area contributed by atoms with E-state index in [9.17, 15) is 17.6 Å². The van der Waals surface area contributed by atoms with Crippen LogP contribution in [0.1, 0.15) is 10.4 Å². The van der Waals surface area contributed by atoms with Crippen LogP contribution in [0.25, 0.3) is 0 Å². The lowest BCUT2D eigenvalue weighted by Gasteiger charge is -2.08. The van der Waals surface area contributed by atoms with Gasteiger partial charge in [0.25, 0.3) is 5.91 Å². The fourth-order valence-electron chi connectivity index (χ4n) is 1.82. The van der Waals surface area contributed by atoms with E-state index in [1.165, 1.54) is 48.5 Å². The van der Waals surface area contributed by atoms with Crippen LogP contribution in [0.2, 0.25) is 0 Å². The third-order valence-corrected chi connectivity index (χ3v) is 4.14.